The minimum atomic E-state index is -2.80. The number of aryl methyl sites for hydroxylation is 1. The lowest BCUT2D eigenvalue weighted by molar-refractivity contribution is -0.0504. The fraction of sp³-hybridized carbons (Fsp3) is 0.400. The highest BCUT2D eigenvalue weighted by atomic mass is 19.3. The first-order valence-corrected chi connectivity index (χ1v) is 4.15. The molecule has 0 bridgehead atoms. The van der Waals surface area contributed by atoms with Gasteiger partial charge in [0.1, 0.15) is 11.5 Å². The summed E-state index contributed by atoms with van der Waals surface area (Å²) in [6.07, 6.45) is 0. The third-order valence-corrected chi connectivity index (χ3v) is 1.97. The van der Waals surface area contributed by atoms with E-state index in [1.54, 1.807) is 13.0 Å². The minimum Gasteiger partial charge on any atom is -0.496 e. The summed E-state index contributed by atoms with van der Waals surface area (Å²) in [5, 5.41) is 0. The van der Waals surface area contributed by atoms with E-state index in [0.717, 1.165) is 5.56 Å². The quantitative estimate of drug-likeness (QED) is 0.750. The van der Waals surface area contributed by atoms with Gasteiger partial charge in [0.2, 0.25) is 0 Å². The molecular formula is C10H12F2O2. The lowest BCUT2D eigenvalue weighted by atomic mass is 10.1. The summed E-state index contributed by atoms with van der Waals surface area (Å²) in [7, 11) is 1.50. The Labute approximate surface area is 81.4 Å². The summed E-state index contributed by atoms with van der Waals surface area (Å²) in [5.41, 5.74) is 1.49. The maximum atomic E-state index is 12.0. The third kappa shape index (κ3) is 2.13. The Hall–Kier alpha value is -1.32. The van der Waals surface area contributed by atoms with Gasteiger partial charge in [0.25, 0.3) is 0 Å². The topological polar surface area (TPSA) is 18.5 Å². The number of benzene rings is 1. The molecule has 1 rings (SSSR count). The van der Waals surface area contributed by atoms with Crippen molar-refractivity contribution in [3.63, 3.8) is 0 Å². The van der Waals surface area contributed by atoms with E-state index in [1.165, 1.54) is 13.2 Å². The second-order valence-corrected chi connectivity index (χ2v) is 2.92. The summed E-state index contributed by atoms with van der Waals surface area (Å²) in [5.74, 6) is 0.741. The molecule has 0 spiro atoms. The van der Waals surface area contributed by atoms with Crippen LogP contribution in [0.15, 0.2) is 12.1 Å². The van der Waals surface area contributed by atoms with Crippen molar-refractivity contribution in [2.24, 2.45) is 0 Å². The van der Waals surface area contributed by atoms with Gasteiger partial charge in [-0.05, 0) is 25.5 Å². The molecule has 1 aromatic carbocycles. The van der Waals surface area contributed by atoms with Gasteiger partial charge < -0.3 is 9.47 Å². The highest BCUT2D eigenvalue weighted by molar-refractivity contribution is 5.48. The van der Waals surface area contributed by atoms with Gasteiger partial charge in [-0.15, -0.1) is 0 Å². The van der Waals surface area contributed by atoms with Gasteiger partial charge in [-0.3, -0.25) is 0 Å². The SMILES string of the molecule is COc1c(C)ccc(OC(F)F)c1C. The summed E-state index contributed by atoms with van der Waals surface area (Å²) in [6.45, 7) is 0.725. The molecule has 0 atom stereocenters. The average Bonchev–Trinajstić information content (AvgIpc) is 2.10. The van der Waals surface area contributed by atoms with Gasteiger partial charge in [-0.2, -0.15) is 8.78 Å². The predicted molar refractivity (Wildman–Crippen MR) is 49.1 cm³/mol. The van der Waals surface area contributed by atoms with Crippen molar-refractivity contribution in [1.82, 2.24) is 0 Å². The Morgan fingerprint density at radius 3 is 2.36 bits per heavy atom. The molecule has 0 aromatic heterocycles. The largest absolute Gasteiger partial charge is 0.496 e. The fourth-order valence-electron chi connectivity index (χ4n) is 1.35. The van der Waals surface area contributed by atoms with E-state index >= 15 is 0 Å². The zero-order valence-corrected chi connectivity index (χ0v) is 8.30. The maximum Gasteiger partial charge on any atom is 0.387 e. The Balaban J connectivity index is 3.08. The standard InChI is InChI=1S/C10H12F2O2/c1-6-4-5-8(14-10(11)12)7(2)9(6)13-3/h4-5,10H,1-3H3. The van der Waals surface area contributed by atoms with Crippen LogP contribution in [0.5, 0.6) is 11.5 Å². The van der Waals surface area contributed by atoms with Gasteiger partial charge in [0, 0.05) is 5.56 Å². The van der Waals surface area contributed by atoms with Gasteiger partial charge in [-0.25, -0.2) is 0 Å². The number of rotatable bonds is 3. The molecule has 0 aliphatic heterocycles. The van der Waals surface area contributed by atoms with E-state index in [9.17, 15) is 8.78 Å². The van der Waals surface area contributed by atoms with Crippen LogP contribution in [0, 0.1) is 13.8 Å². The van der Waals surface area contributed by atoms with Crippen LogP contribution in [-0.2, 0) is 0 Å². The van der Waals surface area contributed by atoms with Crippen LogP contribution in [0.25, 0.3) is 0 Å². The molecule has 0 fully saturated rings. The zero-order valence-electron chi connectivity index (χ0n) is 8.30. The van der Waals surface area contributed by atoms with Crippen LogP contribution in [0.2, 0.25) is 0 Å². The monoisotopic (exact) mass is 202 g/mol. The number of alkyl halides is 2. The summed E-state index contributed by atoms with van der Waals surface area (Å²) in [6, 6.07) is 3.20. The molecule has 0 aliphatic carbocycles. The van der Waals surface area contributed by atoms with Crippen molar-refractivity contribution in [1.29, 1.82) is 0 Å². The maximum absolute atomic E-state index is 12.0. The van der Waals surface area contributed by atoms with E-state index in [4.69, 9.17) is 4.74 Å². The third-order valence-electron chi connectivity index (χ3n) is 1.97. The first-order valence-electron chi connectivity index (χ1n) is 4.15. The summed E-state index contributed by atoms with van der Waals surface area (Å²) in [4.78, 5) is 0. The van der Waals surface area contributed by atoms with E-state index in [-0.39, 0.29) is 5.75 Å². The van der Waals surface area contributed by atoms with Crippen molar-refractivity contribution in [3.05, 3.63) is 23.3 Å². The van der Waals surface area contributed by atoms with Crippen molar-refractivity contribution in [2.45, 2.75) is 20.5 Å². The van der Waals surface area contributed by atoms with Crippen LogP contribution in [0.4, 0.5) is 8.78 Å². The van der Waals surface area contributed by atoms with Gasteiger partial charge in [0.15, 0.2) is 0 Å². The van der Waals surface area contributed by atoms with Crippen molar-refractivity contribution >= 4 is 0 Å². The number of hydrogen-bond donors (Lipinski definition) is 0. The van der Waals surface area contributed by atoms with E-state index in [1.807, 2.05) is 6.92 Å². The van der Waals surface area contributed by atoms with Crippen molar-refractivity contribution in [2.75, 3.05) is 7.11 Å². The van der Waals surface area contributed by atoms with Gasteiger partial charge in [-0.1, -0.05) is 6.07 Å². The van der Waals surface area contributed by atoms with Gasteiger partial charge in [0.05, 0.1) is 7.11 Å². The summed E-state index contributed by atoms with van der Waals surface area (Å²) < 4.78 is 33.3. The molecule has 0 unspecified atom stereocenters. The number of ether oxygens (including phenoxy) is 2. The molecule has 0 saturated heterocycles. The number of hydrogen-bond acceptors (Lipinski definition) is 2. The van der Waals surface area contributed by atoms with Crippen LogP contribution < -0.4 is 9.47 Å². The highest BCUT2D eigenvalue weighted by Gasteiger charge is 2.12. The highest BCUT2D eigenvalue weighted by Crippen LogP contribution is 2.31. The Bertz CT molecular complexity index is 324. The second-order valence-electron chi connectivity index (χ2n) is 2.92. The first kappa shape index (κ1) is 10.8. The molecule has 0 aliphatic rings. The Morgan fingerprint density at radius 1 is 1.21 bits per heavy atom. The molecule has 0 N–H and O–H groups in total. The minimum absolute atomic E-state index is 0.155. The van der Waals surface area contributed by atoms with E-state index < -0.39 is 6.61 Å². The molecule has 0 amide bonds. The molecule has 1 aromatic rings. The molecule has 78 valence electrons. The lowest BCUT2D eigenvalue weighted by Crippen LogP contribution is -2.04. The molecule has 4 heteroatoms. The molecule has 0 radical (unpaired) electrons. The van der Waals surface area contributed by atoms with Crippen LogP contribution in [-0.4, -0.2) is 13.7 Å². The Kier molecular flexibility index (Phi) is 3.28. The van der Waals surface area contributed by atoms with Crippen LogP contribution in [0.1, 0.15) is 11.1 Å². The predicted octanol–water partition coefficient (Wildman–Crippen LogP) is 2.91. The molecule has 0 saturated carbocycles. The normalized spacial score (nSPS) is 10.4. The molecule has 14 heavy (non-hydrogen) atoms. The Morgan fingerprint density at radius 2 is 1.86 bits per heavy atom. The smallest absolute Gasteiger partial charge is 0.387 e. The van der Waals surface area contributed by atoms with Crippen molar-refractivity contribution < 1.29 is 18.3 Å². The molecule has 0 heterocycles. The zero-order chi connectivity index (χ0) is 10.7. The van der Waals surface area contributed by atoms with Gasteiger partial charge >= 0.3 is 6.61 Å². The fourth-order valence-corrected chi connectivity index (χ4v) is 1.35. The number of halogens is 2. The lowest BCUT2D eigenvalue weighted by Gasteiger charge is -2.13. The second kappa shape index (κ2) is 4.26. The average molecular weight is 202 g/mol. The van der Waals surface area contributed by atoms with Crippen LogP contribution in [0.3, 0.4) is 0 Å². The summed E-state index contributed by atoms with van der Waals surface area (Å²) >= 11 is 0. The van der Waals surface area contributed by atoms with Crippen LogP contribution >= 0.6 is 0 Å². The van der Waals surface area contributed by atoms with E-state index in [0.29, 0.717) is 11.3 Å². The van der Waals surface area contributed by atoms with E-state index in [2.05, 4.69) is 4.74 Å². The van der Waals surface area contributed by atoms with Crippen molar-refractivity contribution in [3.8, 4) is 11.5 Å². The first-order chi connectivity index (χ1) is 6.56. The number of methoxy groups -OCH3 is 1. The molecule has 2 nitrogen and oxygen atoms in total. The molecular weight excluding hydrogens is 190 g/mol.